The van der Waals surface area contributed by atoms with Crippen molar-refractivity contribution in [3.8, 4) is 5.75 Å². The number of thioether (sulfide) groups is 1. The molecular weight excluding hydrogens is 334 g/mol. The van der Waals surface area contributed by atoms with Gasteiger partial charge in [-0.2, -0.15) is 0 Å². The summed E-state index contributed by atoms with van der Waals surface area (Å²) in [7, 11) is 0. The number of halogens is 1. The van der Waals surface area contributed by atoms with Gasteiger partial charge in [-0.05, 0) is 43.0 Å². The van der Waals surface area contributed by atoms with Gasteiger partial charge in [-0.1, -0.05) is 40.2 Å². The van der Waals surface area contributed by atoms with E-state index in [2.05, 4.69) is 22.0 Å². The van der Waals surface area contributed by atoms with Crippen LogP contribution < -0.4 is 10.5 Å². The van der Waals surface area contributed by atoms with Crippen LogP contribution in [0.5, 0.6) is 5.75 Å². The van der Waals surface area contributed by atoms with Gasteiger partial charge < -0.3 is 10.5 Å². The van der Waals surface area contributed by atoms with E-state index in [1.165, 1.54) is 0 Å². The summed E-state index contributed by atoms with van der Waals surface area (Å²) in [6, 6.07) is 16.0. The van der Waals surface area contributed by atoms with Crippen molar-refractivity contribution < 1.29 is 4.74 Å². The third-order valence-electron chi connectivity index (χ3n) is 3.00. The van der Waals surface area contributed by atoms with Crippen molar-refractivity contribution >= 4 is 27.7 Å². The first-order valence-corrected chi connectivity index (χ1v) is 8.44. The van der Waals surface area contributed by atoms with Crippen LogP contribution in [0, 0.1) is 0 Å². The molecule has 2 unspecified atom stereocenters. The molecule has 0 radical (unpaired) electrons. The molecule has 0 aliphatic heterocycles. The van der Waals surface area contributed by atoms with Crippen molar-refractivity contribution in [1.29, 1.82) is 0 Å². The van der Waals surface area contributed by atoms with Crippen molar-refractivity contribution in [2.45, 2.75) is 24.0 Å². The van der Waals surface area contributed by atoms with Crippen LogP contribution >= 0.6 is 27.7 Å². The lowest BCUT2D eigenvalue weighted by Gasteiger charge is -2.24. The maximum absolute atomic E-state index is 6.16. The SMILES string of the molecule is CSc1ccccc1OC(c1ccc(Br)cc1)C(C)N. The second-order valence-corrected chi connectivity index (χ2v) is 6.36. The molecule has 2 rings (SSSR count). The van der Waals surface area contributed by atoms with E-state index >= 15 is 0 Å². The van der Waals surface area contributed by atoms with Crippen LogP contribution in [0.4, 0.5) is 0 Å². The fraction of sp³-hybridized carbons (Fsp3) is 0.250. The molecule has 0 aromatic heterocycles. The second kappa shape index (κ2) is 7.16. The molecule has 106 valence electrons. The highest BCUT2D eigenvalue weighted by Crippen LogP contribution is 2.32. The predicted octanol–water partition coefficient (Wildman–Crippen LogP) is 4.64. The number of rotatable bonds is 5. The number of hydrogen-bond donors (Lipinski definition) is 1. The molecule has 2 aromatic rings. The maximum atomic E-state index is 6.16. The molecule has 0 bridgehead atoms. The molecule has 2 N–H and O–H groups in total. The van der Waals surface area contributed by atoms with Gasteiger partial charge in [-0.15, -0.1) is 11.8 Å². The zero-order chi connectivity index (χ0) is 14.5. The van der Waals surface area contributed by atoms with Crippen LogP contribution in [0.15, 0.2) is 57.9 Å². The minimum Gasteiger partial charge on any atom is -0.483 e. The number of hydrogen-bond acceptors (Lipinski definition) is 3. The summed E-state index contributed by atoms with van der Waals surface area (Å²) >= 11 is 5.12. The van der Waals surface area contributed by atoms with Crippen LogP contribution in [-0.2, 0) is 0 Å². The minimum absolute atomic E-state index is 0.0916. The molecule has 2 atom stereocenters. The Bertz CT molecular complexity index is 557. The Hall–Kier alpha value is -0.970. The van der Waals surface area contributed by atoms with Gasteiger partial charge in [-0.25, -0.2) is 0 Å². The van der Waals surface area contributed by atoms with Crippen molar-refractivity contribution in [3.63, 3.8) is 0 Å². The third kappa shape index (κ3) is 3.78. The molecule has 0 saturated heterocycles. The Kier molecular flexibility index (Phi) is 5.52. The smallest absolute Gasteiger partial charge is 0.139 e. The highest BCUT2D eigenvalue weighted by molar-refractivity contribution is 9.10. The zero-order valence-electron chi connectivity index (χ0n) is 11.5. The summed E-state index contributed by atoms with van der Waals surface area (Å²) in [6.45, 7) is 1.97. The average molecular weight is 352 g/mol. The number of nitrogens with two attached hydrogens (primary N) is 1. The van der Waals surface area contributed by atoms with Gasteiger partial charge in [0.1, 0.15) is 11.9 Å². The van der Waals surface area contributed by atoms with Crippen LogP contribution in [0.3, 0.4) is 0 Å². The van der Waals surface area contributed by atoms with Gasteiger partial charge in [0.2, 0.25) is 0 Å². The monoisotopic (exact) mass is 351 g/mol. The Morgan fingerprint density at radius 2 is 1.75 bits per heavy atom. The summed E-state index contributed by atoms with van der Waals surface area (Å²) in [5.74, 6) is 0.880. The standard InChI is InChI=1S/C16H18BrNOS/c1-11(18)16(12-7-9-13(17)10-8-12)19-14-5-3-4-6-15(14)20-2/h3-11,16H,18H2,1-2H3. The van der Waals surface area contributed by atoms with E-state index in [1.807, 2.05) is 55.6 Å². The van der Waals surface area contributed by atoms with Crippen molar-refractivity contribution in [1.82, 2.24) is 0 Å². The molecule has 2 aromatic carbocycles. The molecule has 0 heterocycles. The van der Waals surface area contributed by atoms with Gasteiger partial charge in [0.25, 0.3) is 0 Å². The van der Waals surface area contributed by atoms with Crippen molar-refractivity contribution in [3.05, 3.63) is 58.6 Å². The molecule has 0 saturated carbocycles. The molecule has 4 heteroatoms. The Morgan fingerprint density at radius 1 is 1.10 bits per heavy atom. The van der Waals surface area contributed by atoms with Gasteiger partial charge in [0.15, 0.2) is 0 Å². The van der Waals surface area contributed by atoms with E-state index in [-0.39, 0.29) is 12.1 Å². The Labute approximate surface area is 132 Å². The first kappa shape index (κ1) is 15.4. The molecular formula is C16H18BrNOS. The largest absolute Gasteiger partial charge is 0.483 e. The second-order valence-electron chi connectivity index (χ2n) is 4.60. The highest BCUT2D eigenvalue weighted by Gasteiger charge is 2.19. The van der Waals surface area contributed by atoms with Crippen LogP contribution in [0.25, 0.3) is 0 Å². The van der Waals surface area contributed by atoms with Crippen molar-refractivity contribution in [2.75, 3.05) is 6.26 Å². The van der Waals surface area contributed by atoms with Crippen molar-refractivity contribution in [2.24, 2.45) is 5.73 Å². The van der Waals surface area contributed by atoms with E-state index < -0.39 is 0 Å². The molecule has 2 nitrogen and oxygen atoms in total. The molecule has 0 spiro atoms. The molecule has 0 amide bonds. The Balaban J connectivity index is 2.28. The summed E-state index contributed by atoms with van der Waals surface area (Å²) in [5, 5.41) is 0. The molecule has 0 fully saturated rings. The van der Waals surface area contributed by atoms with Crippen LogP contribution in [0.2, 0.25) is 0 Å². The quantitative estimate of drug-likeness (QED) is 0.797. The fourth-order valence-corrected chi connectivity index (χ4v) is 2.78. The topological polar surface area (TPSA) is 35.2 Å². The number of para-hydroxylation sites is 1. The van der Waals surface area contributed by atoms with Gasteiger partial charge >= 0.3 is 0 Å². The first-order valence-electron chi connectivity index (χ1n) is 6.42. The Morgan fingerprint density at radius 3 is 2.35 bits per heavy atom. The van der Waals surface area contributed by atoms with Gasteiger partial charge in [-0.3, -0.25) is 0 Å². The van der Waals surface area contributed by atoms with Crippen LogP contribution in [-0.4, -0.2) is 12.3 Å². The summed E-state index contributed by atoms with van der Waals surface area (Å²) in [4.78, 5) is 1.12. The molecule has 0 aliphatic rings. The predicted molar refractivity (Wildman–Crippen MR) is 89.4 cm³/mol. The molecule has 20 heavy (non-hydrogen) atoms. The lowest BCUT2D eigenvalue weighted by molar-refractivity contribution is 0.176. The van der Waals surface area contributed by atoms with Gasteiger partial charge in [0, 0.05) is 15.4 Å². The fourth-order valence-electron chi connectivity index (χ4n) is 1.98. The van der Waals surface area contributed by atoms with Gasteiger partial charge in [0.05, 0.1) is 0 Å². The third-order valence-corrected chi connectivity index (χ3v) is 4.30. The summed E-state index contributed by atoms with van der Waals surface area (Å²) < 4.78 is 7.21. The summed E-state index contributed by atoms with van der Waals surface area (Å²) in [6.07, 6.45) is 1.89. The minimum atomic E-state index is -0.156. The summed E-state index contributed by atoms with van der Waals surface area (Å²) in [5.41, 5.74) is 7.19. The lowest BCUT2D eigenvalue weighted by atomic mass is 10.0. The van der Waals surface area contributed by atoms with E-state index in [0.29, 0.717) is 0 Å². The lowest BCUT2D eigenvalue weighted by Crippen LogP contribution is -2.29. The normalized spacial score (nSPS) is 13.8. The average Bonchev–Trinajstić information content (AvgIpc) is 2.46. The van der Waals surface area contributed by atoms with Crippen LogP contribution in [0.1, 0.15) is 18.6 Å². The van der Waals surface area contributed by atoms with E-state index in [9.17, 15) is 0 Å². The first-order chi connectivity index (χ1) is 9.61. The maximum Gasteiger partial charge on any atom is 0.139 e. The van der Waals surface area contributed by atoms with E-state index in [0.717, 1.165) is 20.7 Å². The number of ether oxygens (including phenoxy) is 1. The molecule has 0 aliphatic carbocycles. The number of benzene rings is 2. The van der Waals surface area contributed by atoms with E-state index in [1.54, 1.807) is 11.8 Å². The zero-order valence-corrected chi connectivity index (χ0v) is 13.9. The highest BCUT2D eigenvalue weighted by atomic mass is 79.9. The van der Waals surface area contributed by atoms with E-state index in [4.69, 9.17) is 10.5 Å².